The molecule has 0 aliphatic carbocycles. The Morgan fingerprint density at radius 2 is 0.528 bits per heavy atom. The second-order valence-corrected chi connectivity index (χ2v) is 37.6. The molecule has 2 atom stereocenters. The molecule has 0 aromatic heterocycles. The van der Waals surface area contributed by atoms with Crippen LogP contribution in [0.5, 0.6) is 0 Å². The van der Waals surface area contributed by atoms with Gasteiger partial charge >= 0.3 is 0 Å². The zero-order valence-electron chi connectivity index (χ0n) is 36.5. The third kappa shape index (κ3) is 36.4. The molecule has 0 aliphatic rings. The maximum atomic E-state index is 6.10. The Bertz CT molecular complexity index is 682. The Labute approximate surface area is 362 Å². The van der Waals surface area contributed by atoms with E-state index in [-0.39, 0.29) is 0 Å². The van der Waals surface area contributed by atoms with Crippen molar-refractivity contribution in [2.75, 3.05) is 14.2 Å². The Balaban J connectivity index is 4.00. The van der Waals surface area contributed by atoms with Crippen molar-refractivity contribution in [3.05, 3.63) is 0 Å². The summed E-state index contributed by atoms with van der Waals surface area (Å²) < 4.78 is 12.2. The molecule has 0 saturated carbocycles. The molecule has 53 heavy (non-hydrogen) atoms. The van der Waals surface area contributed by atoms with Crippen LogP contribution in [0.15, 0.2) is 0 Å². The first-order valence-electron chi connectivity index (χ1n) is 22.5. The van der Waals surface area contributed by atoms with Crippen LogP contribution in [0, 0.1) is 0 Å². The summed E-state index contributed by atoms with van der Waals surface area (Å²) >= 11 is 0. The average Bonchev–Trinajstić information content (AvgIpc) is 3.15. The highest BCUT2D eigenvalue weighted by atomic mass is 33.9. The molecular formula is C42H90O2S7Si2. The average molecular weight is 908 g/mol. The van der Waals surface area contributed by atoms with Gasteiger partial charge in [-0.2, -0.15) is 0 Å². The van der Waals surface area contributed by atoms with Crippen LogP contribution in [0.3, 0.4) is 0 Å². The summed E-state index contributed by atoms with van der Waals surface area (Å²) in [6.07, 6.45) is 45.6. The lowest BCUT2D eigenvalue weighted by atomic mass is 10.0. The summed E-state index contributed by atoms with van der Waals surface area (Å²) in [6.45, 7) is 14.3. The van der Waals surface area contributed by atoms with Gasteiger partial charge in [-0.25, -0.2) is 0 Å². The van der Waals surface area contributed by atoms with Gasteiger partial charge in [0, 0.05) is 24.0 Å². The smallest absolute Gasteiger partial charge is 0.199 e. The molecule has 0 spiro atoms. The van der Waals surface area contributed by atoms with Crippen LogP contribution in [-0.4, -0.2) is 40.6 Å². The molecule has 0 N–H and O–H groups in total. The largest absolute Gasteiger partial charge is 0.419 e. The van der Waals surface area contributed by atoms with E-state index in [0.717, 1.165) is 0 Å². The van der Waals surface area contributed by atoms with E-state index < -0.39 is 16.6 Å². The first kappa shape index (κ1) is 55.8. The van der Waals surface area contributed by atoms with Crippen LogP contribution >= 0.6 is 70.7 Å². The minimum atomic E-state index is -1.67. The molecule has 2 unspecified atom stereocenters. The van der Waals surface area contributed by atoms with Gasteiger partial charge < -0.3 is 8.85 Å². The van der Waals surface area contributed by atoms with Crippen molar-refractivity contribution in [3.63, 3.8) is 0 Å². The van der Waals surface area contributed by atoms with Gasteiger partial charge in [-0.3, -0.25) is 0 Å². The van der Waals surface area contributed by atoms with Crippen molar-refractivity contribution in [1.82, 2.24) is 0 Å². The SMILES string of the molecule is CCCCCCCCCCCCCCCCCC(SSSSSSSC(CCCCCCCCCCCCCCCCC)[Si](C)(C)OC)[Si](C)(C)OC. The highest BCUT2D eigenvalue weighted by molar-refractivity contribution is 9.46. The Hall–Kier alpha value is 2.80. The Morgan fingerprint density at radius 3 is 0.755 bits per heavy atom. The normalized spacial score (nSPS) is 13.6. The molecule has 0 aromatic rings. The summed E-state index contributed by atoms with van der Waals surface area (Å²) in [7, 11) is 14.5. The maximum absolute atomic E-state index is 6.10. The number of unbranched alkanes of at least 4 members (excludes halogenated alkanes) is 28. The van der Waals surface area contributed by atoms with Crippen LogP contribution < -0.4 is 0 Å². The fraction of sp³-hybridized carbons (Fsp3) is 1.00. The van der Waals surface area contributed by atoms with Gasteiger partial charge in [-0.05, 0) is 88.2 Å². The van der Waals surface area contributed by atoms with E-state index in [9.17, 15) is 0 Å². The molecule has 0 aliphatic heterocycles. The van der Waals surface area contributed by atoms with E-state index in [1.807, 2.05) is 63.3 Å². The minimum Gasteiger partial charge on any atom is -0.419 e. The fourth-order valence-corrected chi connectivity index (χ4v) is 32.3. The van der Waals surface area contributed by atoms with Gasteiger partial charge in [0.15, 0.2) is 16.6 Å². The van der Waals surface area contributed by atoms with E-state index in [0.29, 0.717) is 9.75 Å². The van der Waals surface area contributed by atoms with E-state index in [1.165, 1.54) is 205 Å². The molecule has 0 saturated heterocycles. The minimum absolute atomic E-state index is 0.660. The molecule has 2 nitrogen and oxygen atoms in total. The summed E-state index contributed by atoms with van der Waals surface area (Å²) in [5.74, 6) is 0. The van der Waals surface area contributed by atoms with Gasteiger partial charge in [-0.15, -0.1) is 0 Å². The lowest BCUT2D eigenvalue weighted by Gasteiger charge is -2.30. The van der Waals surface area contributed by atoms with Crippen LogP contribution in [0.1, 0.15) is 219 Å². The first-order chi connectivity index (χ1) is 25.7. The van der Waals surface area contributed by atoms with Crippen molar-refractivity contribution in [3.8, 4) is 0 Å². The van der Waals surface area contributed by atoms with Gasteiger partial charge in [0.1, 0.15) is 0 Å². The molecule has 0 amide bonds. The summed E-state index contributed by atoms with van der Waals surface area (Å²) in [4.78, 5) is 1.32. The van der Waals surface area contributed by atoms with Crippen molar-refractivity contribution in [2.45, 2.75) is 255 Å². The molecule has 0 bridgehead atoms. The number of rotatable bonds is 44. The molecule has 11 heteroatoms. The second-order valence-electron chi connectivity index (χ2n) is 16.6. The highest BCUT2D eigenvalue weighted by Gasteiger charge is 2.34. The van der Waals surface area contributed by atoms with Gasteiger partial charge in [0.2, 0.25) is 0 Å². The molecule has 0 aromatic carbocycles. The van der Waals surface area contributed by atoms with Crippen molar-refractivity contribution >= 4 is 87.4 Å². The monoisotopic (exact) mass is 906 g/mol. The maximum Gasteiger partial charge on any atom is 0.199 e. The second kappa shape index (κ2) is 41.5. The first-order valence-corrected chi connectivity index (χ1v) is 37.4. The predicted octanol–water partition coefficient (Wildman–Crippen LogP) is 19.7. The molecule has 0 fully saturated rings. The number of hydrogen-bond acceptors (Lipinski definition) is 9. The standard InChI is InChI=1S/C42H90O2S7Si2/c1-9-11-13-15-17-19-21-23-25-27-29-31-33-35-37-39-41(52(5,6)43-3)45-47-49-51-50-48-46-42(53(7,8)44-4)40-38-36-34-32-30-28-26-24-22-20-18-16-14-12-10-2/h41-42H,9-40H2,1-8H3. The third-order valence-corrected chi connectivity index (χ3v) is 35.3. The fourth-order valence-electron chi connectivity index (χ4n) is 6.85. The Kier molecular flexibility index (Phi) is 43.7. The molecular weight excluding hydrogens is 817 g/mol. The molecule has 0 heterocycles. The molecule has 0 radical (unpaired) electrons. The van der Waals surface area contributed by atoms with Crippen molar-refractivity contribution in [1.29, 1.82) is 0 Å². The van der Waals surface area contributed by atoms with Gasteiger partial charge in [0.25, 0.3) is 0 Å². The van der Waals surface area contributed by atoms with E-state index in [4.69, 9.17) is 8.85 Å². The third-order valence-electron chi connectivity index (χ3n) is 11.2. The summed E-state index contributed by atoms with van der Waals surface area (Å²) in [6, 6.07) is 0. The highest BCUT2D eigenvalue weighted by Crippen LogP contribution is 2.58. The molecule has 320 valence electrons. The van der Waals surface area contributed by atoms with E-state index in [2.05, 4.69) is 61.6 Å². The number of hydrogen-bond donors (Lipinski definition) is 0. The quantitative estimate of drug-likeness (QED) is 0.0335. The predicted molar refractivity (Wildman–Crippen MR) is 269 cm³/mol. The molecule has 0 rings (SSSR count). The zero-order valence-corrected chi connectivity index (χ0v) is 44.2. The van der Waals surface area contributed by atoms with Crippen molar-refractivity contribution < 1.29 is 8.85 Å². The van der Waals surface area contributed by atoms with Gasteiger partial charge in [0.05, 0.1) is 0 Å². The topological polar surface area (TPSA) is 18.5 Å². The lowest BCUT2D eigenvalue weighted by molar-refractivity contribution is 0.398. The van der Waals surface area contributed by atoms with Crippen molar-refractivity contribution in [2.24, 2.45) is 0 Å². The van der Waals surface area contributed by atoms with Crippen LogP contribution in [0.25, 0.3) is 0 Å². The van der Waals surface area contributed by atoms with Crippen LogP contribution in [0.4, 0.5) is 0 Å². The lowest BCUT2D eigenvalue weighted by Crippen LogP contribution is -2.41. The van der Waals surface area contributed by atoms with Crippen LogP contribution in [-0.2, 0) is 8.85 Å². The summed E-state index contributed by atoms with van der Waals surface area (Å²) in [5, 5.41) is 0. The zero-order chi connectivity index (χ0) is 39.1. The Morgan fingerprint density at radius 1 is 0.321 bits per heavy atom. The van der Waals surface area contributed by atoms with Gasteiger partial charge in [-0.1, -0.05) is 228 Å². The van der Waals surface area contributed by atoms with E-state index in [1.54, 1.807) is 0 Å². The van der Waals surface area contributed by atoms with Crippen LogP contribution in [0.2, 0.25) is 26.2 Å². The van der Waals surface area contributed by atoms with E-state index >= 15 is 0 Å². The summed E-state index contributed by atoms with van der Waals surface area (Å²) in [5.41, 5.74) is 0.